The zero-order valence-electron chi connectivity index (χ0n) is 16.6. The van der Waals surface area contributed by atoms with E-state index >= 15 is 0 Å². The topological polar surface area (TPSA) is 45.7 Å². The standard InChI is InChI=1S/C23H25N3O2/c1-16-6-4-9-20-17(2)14-21(24-22(16)20)25-10-12-26(13-11-25)23(27)18-7-5-8-19(15-18)28-3/h4-9,14-15H,10-13H2,1-3H3. The first-order valence-electron chi connectivity index (χ1n) is 9.62. The van der Waals surface area contributed by atoms with Crippen LogP contribution in [-0.2, 0) is 0 Å². The van der Waals surface area contributed by atoms with Gasteiger partial charge in [0.25, 0.3) is 5.91 Å². The third-order valence-electron chi connectivity index (χ3n) is 5.44. The fraction of sp³-hybridized carbons (Fsp3) is 0.304. The van der Waals surface area contributed by atoms with E-state index in [0.29, 0.717) is 24.4 Å². The number of aryl methyl sites for hydroxylation is 2. The Labute approximate surface area is 165 Å². The van der Waals surface area contributed by atoms with E-state index in [9.17, 15) is 4.79 Å². The number of nitrogens with zero attached hydrogens (tertiary/aromatic N) is 3. The highest BCUT2D eigenvalue weighted by molar-refractivity contribution is 5.94. The van der Waals surface area contributed by atoms with Crippen molar-refractivity contribution in [3.63, 3.8) is 0 Å². The number of hydrogen-bond donors (Lipinski definition) is 0. The van der Waals surface area contributed by atoms with Crippen molar-refractivity contribution >= 4 is 22.6 Å². The van der Waals surface area contributed by atoms with Gasteiger partial charge in [-0.2, -0.15) is 0 Å². The van der Waals surface area contributed by atoms with Gasteiger partial charge in [0.05, 0.1) is 12.6 Å². The van der Waals surface area contributed by atoms with E-state index in [4.69, 9.17) is 9.72 Å². The molecule has 5 nitrogen and oxygen atoms in total. The fourth-order valence-corrected chi connectivity index (χ4v) is 3.78. The Hall–Kier alpha value is -3.08. The maximum Gasteiger partial charge on any atom is 0.254 e. The molecule has 0 N–H and O–H groups in total. The van der Waals surface area contributed by atoms with Gasteiger partial charge in [-0.1, -0.05) is 24.3 Å². The minimum absolute atomic E-state index is 0.0528. The van der Waals surface area contributed by atoms with Crippen LogP contribution in [0, 0.1) is 13.8 Å². The number of methoxy groups -OCH3 is 1. The molecular formula is C23H25N3O2. The number of carbonyl (C=O) groups excluding carboxylic acids is 1. The molecule has 0 saturated carbocycles. The molecule has 0 bridgehead atoms. The van der Waals surface area contributed by atoms with Crippen LogP contribution >= 0.6 is 0 Å². The number of pyridine rings is 1. The summed E-state index contributed by atoms with van der Waals surface area (Å²) in [5.41, 5.74) is 4.16. The van der Waals surface area contributed by atoms with E-state index < -0.39 is 0 Å². The second-order valence-electron chi connectivity index (χ2n) is 7.28. The molecule has 28 heavy (non-hydrogen) atoms. The number of amides is 1. The van der Waals surface area contributed by atoms with Crippen molar-refractivity contribution in [1.82, 2.24) is 9.88 Å². The number of hydrogen-bond acceptors (Lipinski definition) is 4. The molecule has 1 fully saturated rings. The maximum atomic E-state index is 12.8. The number of rotatable bonds is 3. The SMILES string of the molecule is COc1cccc(C(=O)N2CCN(c3cc(C)c4cccc(C)c4n3)CC2)c1. The number of ether oxygens (including phenoxy) is 1. The van der Waals surface area contributed by atoms with Gasteiger partial charge in [-0.3, -0.25) is 4.79 Å². The summed E-state index contributed by atoms with van der Waals surface area (Å²) in [5.74, 6) is 1.75. The minimum atomic E-state index is 0.0528. The number of carbonyl (C=O) groups is 1. The maximum absolute atomic E-state index is 12.8. The molecule has 3 aromatic rings. The number of fused-ring (bicyclic) bond motifs is 1. The molecule has 0 aliphatic carbocycles. The Bertz CT molecular complexity index is 1020. The van der Waals surface area contributed by atoms with Crippen LogP contribution in [0.4, 0.5) is 5.82 Å². The number of para-hydroxylation sites is 1. The van der Waals surface area contributed by atoms with Crippen molar-refractivity contribution in [2.75, 3.05) is 38.2 Å². The molecular weight excluding hydrogens is 350 g/mol. The molecule has 5 heteroatoms. The molecule has 1 aliphatic heterocycles. The second-order valence-corrected chi connectivity index (χ2v) is 7.28. The van der Waals surface area contributed by atoms with Crippen LogP contribution in [-0.4, -0.2) is 49.1 Å². The van der Waals surface area contributed by atoms with Gasteiger partial charge in [0.15, 0.2) is 0 Å². The van der Waals surface area contributed by atoms with E-state index in [2.05, 4.69) is 43.0 Å². The Morgan fingerprint density at radius 1 is 0.964 bits per heavy atom. The van der Waals surface area contributed by atoms with E-state index in [1.54, 1.807) is 13.2 Å². The summed E-state index contributed by atoms with van der Waals surface area (Å²) in [6.07, 6.45) is 0. The molecule has 1 aromatic heterocycles. The first-order valence-corrected chi connectivity index (χ1v) is 9.62. The zero-order valence-corrected chi connectivity index (χ0v) is 16.6. The Kier molecular flexibility index (Phi) is 4.90. The van der Waals surface area contributed by atoms with Gasteiger partial charge in [0, 0.05) is 37.1 Å². The Morgan fingerprint density at radius 2 is 1.71 bits per heavy atom. The predicted molar refractivity (Wildman–Crippen MR) is 112 cm³/mol. The summed E-state index contributed by atoms with van der Waals surface area (Å²) in [7, 11) is 1.61. The Morgan fingerprint density at radius 3 is 2.46 bits per heavy atom. The summed E-state index contributed by atoms with van der Waals surface area (Å²) in [6.45, 7) is 7.16. The zero-order chi connectivity index (χ0) is 19.7. The van der Waals surface area contributed by atoms with Crippen LogP contribution < -0.4 is 9.64 Å². The molecule has 0 spiro atoms. The molecule has 4 rings (SSSR count). The summed E-state index contributed by atoms with van der Waals surface area (Å²) >= 11 is 0. The fourth-order valence-electron chi connectivity index (χ4n) is 3.78. The van der Waals surface area contributed by atoms with Gasteiger partial charge >= 0.3 is 0 Å². The molecule has 1 saturated heterocycles. The number of anilines is 1. The van der Waals surface area contributed by atoms with Crippen molar-refractivity contribution in [1.29, 1.82) is 0 Å². The monoisotopic (exact) mass is 375 g/mol. The molecule has 0 atom stereocenters. The molecule has 2 heterocycles. The normalized spacial score (nSPS) is 14.4. The summed E-state index contributed by atoms with van der Waals surface area (Å²) in [4.78, 5) is 21.9. The first-order chi connectivity index (χ1) is 13.6. The number of benzene rings is 2. The summed E-state index contributed by atoms with van der Waals surface area (Å²) in [6, 6.07) is 15.8. The van der Waals surface area contributed by atoms with E-state index in [-0.39, 0.29) is 5.91 Å². The highest BCUT2D eigenvalue weighted by atomic mass is 16.5. The van der Waals surface area contributed by atoms with Crippen LogP contribution in [0.5, 0.6) is 5.75 Å². The number of aromatic nitrogens is 1. The van der Waals surface area contributed by atoms with Crippen molar-refractivity contribution in [2.24, 2.45) is 0 Å². The molecule has 1 aliphatic rings. The van der Waals surface area contributed by atoms with E-state index in [1.807, 2.05) is 23.1 Å². The lowest BCUT2D eigenvalue weighted by Crippen LogP contribution is -2.49. The van der Waals surface area contributed by atoms with Gasteiger partial charge < -0.3 is 14.5 Å². The number of piperazine rings is 1. The van der Waals surface area contributed by atoms with Gasteiger partial charge in [-0.15, -0.1) is 0 Å². The average molecular weight is 375 g/mol. The molecule has 144 valence electrons. The third kappa shape index (κ3) is 3.40. The lowest BCUT2D eigenvalue weighted by Gasteiger charge is -2.35. The highest BCUT2D eigenvalue weighted by Crippen LogP contribution is 2.25. The van der Waals surface area contributed by atoms with E-state index in [1.165, 1.54) is 16.5 Å². The van der Waals surface area contributed by atoms with Crippen molar-refractivity contribution in [3.05, 3.63) is 65.2 Å². The van der Waals surface area contributed by atoms with Crippen molar-refractivity contribution in [3.8, 4) is 5.75 Å². The largest absolute Gasteiger partial charge is 0.497 e. The van der Waals surface area contributed by atoms with Crippen molar-refractivity contribution < 1.29 is 9.53 Å². The van der Waals surface area contributed by atoms with Crippen LogP contribution in [0.3, 0.4) is 0 Å². The lowest BCUT2D eigenvalue weighted by atomic mass is 10.1. The lowest BCUT2D eigenvalue weighted by molar-refractivity contribution is 0.0746. The van der Waals surface area contributed by atoms with Gasteiger partial charge in [-0.05, 0) is 49.2 Å². The highest BCUT2D eigenvalue weighted by Gasteiger charge is 2.23. The van der Waals surface area contributed by atoms with Crippen molar-refractivity contribution in [2.45, 2.75) is 13.8 Å². The molecule has 0 radical (unpaired) electrons. The molecule has 1 amide bonds. The molecule has 2 aromatic carbocycles. The smallest absolute Gasteiger partial charge is 0.254 e. The predicted octanol–water partition coefficient (Wildman–Crippen LogP) is 3.82. The van der Waals surface area contributed by atoms with Crippen LogP contribution in [0.25, 0.3) is 10.9 Å². The quantitative estimate of drug-likeness (QED) is 0.698. The summed E-state index contributed by atoms with van der Waals surface area (Å²) in [5, 5.41) is 1.20. The van der Waals surface area contributed by atoms with Crippen LogP contribution in [0.15, 0.2) is 48.5 Å². The van der Waals surface area contributed by atoms with E-state index in [0.717, 1.165) is 24.4 Å². The third-order valence-corrected chi connectivity index (χ3v) is 5.44. The molecule has 0 unspecified atom stereocenters. The van der Waals surface area contributed by atoms with Crippen LogP contribution in [0.2, 0.25) is 0 Å². The Balaban J connectivity index is 1.50. The van der Waals surface area contributed by atoms with Crippen LogP contribution in [0.1, 0.15) is 21.5 Å². The van der Waals surface area contributed by atoms with Gasteiger partial charge in [-0.25, -0.2) is 4.98 Å². The summed E-state index contributed by atoms with van der Waals surface area (Å²) < 4.78 is 5.24. The average Bonchev–Trinajstić information content (AvgIpc) is 2.74. The minimum Gasteiger partial charge on any atom is -0.497 e. The van der Waals surface area contributed by atoms with Gasteiger partial charge in [0.2, 0.25) is 0 Å². The van der Waals surface area contributed by atoms with Gasteiger partial charge in [0.1, 0.15) is 11.6 Å². The second kappa shape index (κ2) is 7.50. The first kappa shape index (κ1) is 18.3.